The third kappa shape index (κ3) is 4.35. The Kier molecular flexibility index (Phi) is 6.96. The van der Waals surface area contributed by atoms with Crippen molar-refractivity contribution in [1.82, 2.24) is 4.90 Å². The number of fused-ring (bicyclic) bond motifs is 4. The fraction of sp³-hybridized carbons (Fsp3) is 0.171. The number of halogens is 2. The molecule has 0 radical (unpaired) electrons. The average Bonchev–Trinajstić information content (AvgIpc) is 3.66. The third-order valence-electron chi connectivity index (χ3n) is 8.72. The van der Waals surface area contributed by atoms with Gasteiger partial charge in [-0.15, -0.1) is 11.8 Å². The lowest BCUT2D eigenvalue weighted by atomic mass is 9.67. The number of rotatable bonds is 6. The predicted octanol–water partition coefficient (Wildman–Crippen LogP) is 7.70. The van der Waals surface area contributed by atoms with Crippen LogP contribution in [0.1, 0.15) is 37.4 Å². The molecule has 214 valence electrons. The van der Waals surface area contributed by atoms with E-state index < -0.39 is 22.7 Å². The normalized spacial score (nSPS) is 23.6. The van der Waals surface area contributed by atoms with Gasteiger partial charge in [-0.05, 0) is 65.9 Å². The number of ketones is 2. The summed E-state index contributed by atoms with van der Waals surface area (Å²) >= 11 is 14.2. The highest BCUT2D eigenvalue weighted by molar-refractivity contribution is 8.03. The van der Waals surface area contributed by atoms with Crippen LogP contribution in [0.2, 0.25) is 10.0 Å². The first-order chi connectivity index (χ1) is 20.8. The number of carbonyl (C=O) groups is 3. The number of nitrogens with zero attached hydrogens (tertiary/aromatic N) is 2. The van der Waals surface area contributed by atoms with E-state index in [1.165, 1.54) is 11.8 Å². The van der Waals surface area contributed by atoms with Gasteiger partial charge in [0.1, 0.15) is 11.5 Å². The summed E-state index contributed by atoms with van der Waals surface area (Å²) in [6, 6.07) is 28.3. The number of amides is 1. The van der Waals surface area contributed by atoms with Crippen LogP contribution in [0.4, 0.5) is 5.69 Å². The van der Waals surface area contributed by atoms with Crippen molar-refractivity contribution in [3.63, 3.8) is 0 Å². The number of Topliss-reactive ketones (excluding diaryl/α,β-unsaturated/α-hetero) is 2. The van der Waals surface area contributed by atoms with Crippen LogP contribution >= 0.6 is 35.0 Å². The Labute approximate surface area is 264 Å². The first-order valence-electron chi connectivity index (χ1n) is 14.0. The second kappa shape index (κ2) is 10.7. The summed E-state index contributed by atoms with van der Waals surface area (Å²) < 4.78 is 0. The molecule has 0 N–H and O–H groups in total. The van der Waals surface area contributed by atoms with E-state index in [1.807, 2.05) is 72.0 Å². The topological polar surface area (TPSA) is 57.7 Å². The molecule has 0 aromatic heterocycles. The summed E-state index contributed by atoms with van der Waals surface area (Å²) in [4.78, 5) is 48.1. The van der Waals surface area contributed by atoms with E-state index in [-0.39, 0.29) is 17.5 Å². The summed E-state index contributed by atoms with van der Waals surface area (Å²) in [6.07, 6.45) is 1.84. The van der Waals surface area contributed by atoms with Gasteiger partial charge in [0.25, 0.3) is 0 Å². The molecule has 43 heavy (non-hydrogen) atoms. The van der Waals surface area contributed by atoms with Crippen LogP contribution in [0.3, 0.4) is 0 Å². The van der Waals surface area contributed by atoms with Crippen LogP contribution in [-0.2, 0) is 16.8 Å². The SMILES string of the molecule is Cc1ccc(C(=O)[C@@H]2[C@@H](C(=O)c3ccc(Cl)cc3)N3C=CS[C@@H]3[C@@]23C(=O)N(Cc2ccccc2)c2ccc(Cl)cc23)cc1. The minimum absolute atomic E-state index is 0.211. The van der Waals surface area contributed by atoms with Crippen LogP contribution in [0.5, 0.6) is 0 Å². The van der Waals surface area contributed by atoms with Gasteiger partial charge >= 0.3 is 0 Å². The third-order valence-corrected chi connectivity index (χ3v) is 10.4. The van der Waals surface area contributed by atoms with Crippen molar-refractivity contribution in [2.75, 3.05) is 4.90 Å². The lowest BCUT2D eigenvalue weighted by Crippen LogP contribution is -2.52. The average molecular weight is 626 g/mol. The Morgan fingerprint density at radius 3 is 2.21 bits per heavy atom. The van der Waals surface area contributed by atoms with Gasteiger partial charge in [-0.3, -0.25) is 14.4 Å². The highest BCUT2D eigenvalue weighted by Crippen LogP contribution is 2.61. The van der Waals surface area contributed by atoms with E-state index in [2.05, 4.69) is 0 Å². The van der Waals surface area contributed by atoms with Gasteiger partial charge in [0, 0.05) is 33.1 Å². The molecule has 0 aliphatic carbocycles. The minimum atomic E-state index is -1.38. The number of anilines is 1. The second-order valence-electron chi connectivity index (χ2n) is 11.2. The molecule has 1 amide bonds. The number of hydrogen-bond donors (Lipinski definition) is 0. The molecule has 4 aromatic carbocycles. The highest BCUT2D eigenvalue weighted by Gasteiger charge is 2.72. The molecule has 0 bridgehead atoms. The molecule has 1 fully saturated rings. The number of benzene rings is 4. The van der Waals surface area contributed by atoms with Crippen molar-refractivity contribution >= 4 is 58.1 Å². The van der Waals surface area contributed by atoms with Gasteiger partial charge in [-0.25, -0.2) is 0 Å². The van der Waals surface area contributed by atoms with E-state index in [0.29, 0.717) is 39.0 Å². The summed E-state index contributed by atoms with van der Waals surface area (Å²) in [5.41, 5.74) is 2.84. The van der Waals surface area contributed by atoms with Crippen LogP contribution in [0.25, 0.3) is 0 Å². The van der Waals surface area contributed by atoms with Crippen molar-refractivity contribution in [2.45, 2.75) is 30.3 Å². The second-order valence-corrected chi connectivity index (χ2v) is 13.0. The van der Waals surface area contributed by atoms with E-state index in [1.54, 1.807) is 53.4 Å². The van der Waals surface area contributed by atoms with Gasteiger partial charge in [0.2, 0.25) is 5.91 Å². The number of carbonyl (C=O) groups excluding carboxylic acids is 3. The van der Waals surface area contributed by atoms with E-state index in [0.717, 1.165) is 11.1 Å². The molecular weight excluding hydrogens is 599 g/mol. The summed E-state index contributed by atoms with van der Waals surface area (Å²) in [6.45, 7) is 2.28. The maximum absolute atomic E-state index is 15.1. The van der Waals surface area contributed by atoms with Gasteiger partial charge in [-0.2, -0.15) is 0 Å². The predicted molar refractivity (Wildman–Crippen MR) is 172 cm³/mol. The molecule has 0 saturated carbocycles. The molecule has 8 heteroatoms. The molecule has 0 unspecified atom stereocenters. The Morgan fingerprint density at radius 2 is 1.49 bits per heavy atom. The zero-order valence-corrected chi connectivity index (χ0v) is 25.4. The van der Waals surface area contributed by atoms with Crippen LogP contribution < -0.4 is 4.90 Å². The number of aryl methyl sites for hydroxylation is 1. The molecule has 5 nitrogen and oxygen atoms in total. The van der Waals surface area contributed by atoms with Crippen LogP contribution in [0.15, 0.2) is 109 Å². The Bertz CT molecular complexity index is 1790. The monoisotopic (exact) mass is 624 g/mol. The largest absolute Gasteiger partial charge is 0.352 e. The number of thioether (sulfide) groups is 1. The minimum Gasteiger partial charge on any atom is -0.352 e. The lowest BCUT2D eigenvalue weighted by molar-refractivity contribution is -0.124. The van der Waals surface area contributed by atoms with Gasteiger partial charge in [0.15, 0.2) is 11.6 Å². The summed E-state index contributed by atoms with van der Waals surface area (Å²) in [5.74, 6) is -1.73. The fourth-order valence-corrected chi connectivity index (χ4v) is 8.38. The Morgan fingerprint density at radius 1 is 0.837 bits per heavy atom. The lowest BCUT2D eigenvalue weighted by Gasteiger charge is -2.33. The van der Waals surface area contributed by atoms with Crippen molar-refractivity contribution in [2.24, 2.45) is 5.92 Å². The molecule has 1 spiro atoms. The van der Waals surface area contributed by atoms with E-state index >= 15 is 4.79 Å². The van der Waals surface area contributed by atoms with Crippen LogP contribution in [-0.4, -0.2) is 33.8 Å². The fourth-order valence-electron chi connectivity index (χ4n) is 6.79. The smallest absolute Gasteiger partial charge is 0.241 e. The molecule has 3 heterocycles. The molecule has 3 aliphatic heterocycles. The number of hydrogen-bond acceptors (Lipinski definition) is 5. The standard InChI is InChI=1S/C35H26Cl2N2O3S/c1-21-7-9-23(10-8-21)31(40)29-30(32(41)24-11-13-25(36)14-12-24)38-17-18-43-34(38)35(29)27-19-26(37)15-16-28(27)39(33(35)42)20-22-5-3-2-4-6-22/h2-19,29-30,34H,20H2,1H3/t29-,30-,34+,35+/m0/s1. The molecule has 1 saturated heterocycles. The van der Waals surface area contributed by atoms with Crippen LogP contribution in [0, 0.1) is 12.8 Å². The Hall–Kier alpha value is -3.84. The van der Waals surface area contributed by atoms with Gasteiger partial charge in [-0.1, -0.05) is 83.4 Å². The van der Waals surface area contributed by atoms with E-state index in [9.17, 15) is 9.59 Å². The first kappa shape index (κ1) is 28.0. The van der Waals surface area contributed by atoms with Gasteiger partial charge < -0.3 is 9.80 Å². The maximum Gasteiger partial charge on any atom is 0.241 e. The van der Waals surface area contributed by atoms with Crippen molar-refractivity contribution in [3.8, 4) is 0 Å². The molecule has 4 aromatic rings. The molecular formula is C35H26Cl2N2O3S. The maximum atomic E-state index is 15.1. The zero-order valence-electron chi connectivity index (χ0n) is 23.1. The van der Waals surface area contributed by atoms with E-state index in [4.69, 9.17) is 23.2 Å². The molecule has 4 atom stereocenters. The zero-order chi connectivity index (χ0) is 29.9. The van der Waals surface area contributed by atoms with Gasteiger partial charge in [0.05, 0.1) is 17.8 Å². The molecule has 7 rings (SSSR count). The highest BCUT2D eigenvalue weighted by atomic mass is 35.5. The molecule has 3 aliphatic rings. The van der Waals surface area contributed by atoms with Crippen molar-refractivity contribution in [1.29, 1.82) is 0 Å². The summed E-state index contributed by atoms with van der Waals surface area (Å²) in [5, 5.41) is 2.34. The van der Waals surface area contributed by atoms with Crippen molar-refractivity contribution in [3.05, 3.63) is 147 Å². The van der Waals surface area contributed by atoms with Crippen molar-refractivity contribution < 1.29 is 14.4 Å². The first-order valence-corrected chi connectivity index (χ1v) is 15.7. The quantitative estimate of drug-likeness (QED) is 0.206. The summed E-state index contributed by atoms with van der Waals surface area (Å²) in [7, 11) is 0. The Balaban J connectivity index is 1.46.